The number of alkyl halides is 2. The molecule has 1 heterocycles. The molecule has 0 saturated heterocycles. The minimum Gasteiger partial charge on any atom is -0.435 e. The number of hydrogen-bond acceptors (Lipinski definition) is 4. The summed E-state index contributed by atoms with van der Waals surface area (Å²) in [5, 5.41) is 5.53. The van der Waals surface area contributed by atoms with Gasteiger partial charge in [-0.25, -0.2) is 0 Å². The van der Waals surface area contributed by atoms with Crippen LogP contribution in [0.25, 0.3) is 0 Å². The number of amides is 1. The maximum atomic E-state index is 12.1. The van der Waals surface area contributed by atoms with Crippen molar-refractivity contribution in [3.05, 3.63) is 48.3 Å². The summed E-state index contributed by atoms with van der Waals surface area (Å²) < 4.78 is 28.3. The SMILES string of the molecule is CNc1cnccc1C(=O)Nc1ccc(OC(F)F)cc1. The van der Waals surface area contributed by atoms with E-state index in [1.54, 1.807) is 13.1 Å². The van der Waals surface area contributed by atoms with E-state index >= 15 is 0 Å². The van der Waals surface area contributed by atoms with Gasteiger partial charge in [-0.2, -0.15) is 8.78 Å². The van der Waals surface area contributed by atoms with Gasteiger partial charge in [0.2, 0.25) is 0 Å². The quantitative estimate of drug-likeness (QED) is 0.889. The standard InChI is InChI=1S/C14H13F2N3O2/c1-17-12-8-18-7-6-11(12)13(20)19-9-2-4-10(5-3-9)21-14(15)16/h2-8,14,17H,1H3,(H,19,20). The van der Waals surface area contributed by atoms with Crippen molar-refractivity contribution in [3.8, 4) is 5.75 Å². The van der Waals surface area contributed by atoms with Gasteiger partial charge in [-0.05, 0) is 30.3 Å². The predicted molar refractivity (Wildman–Crippen MR) is 74.8 cm³/mol. The Kier molecular flexibility index (Phi) is 4.65. The summed E-state index contributed by atoms with van der Waals surface area (Å²) in [4.78, 5) is 16.0. The minimum atomic E-state index is -2.87. The van der Waals surface area contributed by atoms with Crippen molar-refractivity contribution in [2.75, 3.05) is 17.7 Å². The average Bonchev–Trinajstić information content (AvgIpc) is 2.48. The Balaban J connectivity index is 2.09. The van der Waals surface area contributed by atoms with Crippen molar-refractivity contribution in [1.29, 1.82) is 0 Å². The normalized spacial score (nSPS) is 10.3. The Morgan fingerprint density at radius 3 is 2.57 bits per heavy atom. The van der Waals surface area contributed by atoms with E-state index in [-0.39, 0.29) is 11.7 Å². The molecule has 0 spiro atoms. The number of pyridine rings is 1. The molecule has 1 aromatic carbocycles. The number of carbonyl (C=O) groups is 1. The number of anilines is 2. The Morgan fingerprint density at radius 2 is 1.95 bits per heavy atom. The second-order valence-electron chi connectivity index (χ2n) is 4.03. The van der Waals surface area contributed by atoms with Crippen LogP contribution in [-0.4, -0.2) is 24.6 Å². The van der Waals surface area contributed by atoms with Gasteiger partial charge in [0.05, 0.1) is 17.4 Å². The van der Waals surface area contributed by atoms with Gasteiger partial charge in [-0.1, -0.05) is 0 Å². The molecule has 1 amide bonds. The maximum Gasteiger partial charge on any atom is 0.387 e. The highest BCUT2D eigenvalue weighted by molar-refractivity contribution is 6.07. The molecule has 7 heteroatoms. The molecule has 0 radical (unpaired) electrons. The van der Waals surface area contributed by atoms with Crippen molar-refractivity contribution in [2.24, 2.45) is 0 Å². The van der Waals surface area contributed by atoms with E-state index < -0.39 is 6.61 Å². The molecular weight excluding hydrogens is 280 g/mol. The smallest absolute Gasteiger partial charge is 0.387 e. The van der Waals surface area contributed by atoms with E-state index in [1.807, 2.05) is 0 Å². The van der Waals surface area contributed by atoms with Gasteiger partial charge in [0.25, 0.3) is 5.91 Å². The number of carbonyl (C=O) groups excluding carboxylic acids is 1. The number of nitrogens with zero attached hydrogens (tertiary/aromatic N) is 1. The first kappa shape index (κ1) is 14.7. The molecule has 0 atom stereocenters. The number of benzene rings is 1. The number of rotatable bonds is 5. The molecular formula is C14H13F2N3O2. The highest BCUT2D eigenvalue weighted by atomic mass is 19.3. The fourth-order valence-corrected chi connectivity index (χ4v) is 1.71. The molecule has 0 aliphatic carbocycles. The first-order valence-electron chi connectivity index (χ1n) is 6.08. The zero-order chi connectivity index (χ0) is 15.2. The first-order valence-corrected chi connectivity index (χ1v) is 6.08. The number of halogens is 2. The molecule has 110 valence electrons. The van der Waals surface area contributed by atoms with Crippen molar-refractivity contribution >= 4 is 17.3 Å². The molecule has 1 aromatic heterocycles. The van der Waals surface area contributed by atoms with Crippen LogP contribution in [0.5, 0.6) is 5.75 Å². The van der Waals surface area contributed by atoms with Gasteiger partial charge >= 0.3 is 6.61 Å². The summed E-state index contributed by atoms with van der Waals surface area (Å²) in [7, 11) is 1.68. The molecule has 0 saturated carbocycles. The zero-order valence-electron chi connectivity index (χ0n) is 11.1. The summed E-state index contributed by atoms with van der Waals surface area (Å²) >= 11 is 0. The van der Waals surface area contributed by atoms with Crippen molar-refractivity contribution in [1.82, 2.24) is 4.98 Å². The van der Waals surface area contributed by atoms with Gasteiger partial charge in [0.15, 0.2) is 0 Å². The van der Waals surface area contributed by atoms with Crippen LogP contribution in [0.4, 0.5) is 20.2 Å². The zero-order valence-corrected chi connectivity index (χ0v) is 11.1. The average molecular weight is 293 g/mol. The summed E-state index contributed by atoms with van der Waals surface area (Å²) in [6.45, 7) is -2.87. The van der Waals surface area contributed by atoms with E-state index in [0.29, 0.717) is 16.9 Å². The van der Waals surface area contributed by atoms with E-state index in [0.717, 1.165) is 0 Å². The first-order chi connectivity index (χ1) is 10.1. The fourth-order valence-electron chi connectivity index (χ4n) is 1.71. The Labute approximate surface area is 120 Å². The highest BCUT2D eigenvalue weighted by Crippen LogP contribution is 2.19. The molecule has 2 aromatic rings. The lowest BCUT2D eigenvalue weighted by atomic mass is 10.2. The van der Waals surface area contributed by atoms with Gasteiger partial charge in [0, 0.05) is 18.9 Å². The van der Waals surface area contributed by atoms with Crippen molar-refractivity contribution in [3.63, 3.8) is 0 Å². The molecule has 0 fully saturated rings. The molecule has 0 unspecified atom stereocenters. The largest absolute Gasteiger partial charge is 0.435 e. The maximum absolute atomic E-state index is 12.1. The fraction of sp³-hybridized carbons (Fsp3) is 0.143. The molecule has 2 N–H and O–H groups in total. The van der Waals surface area contributed by atoms with Gasteiger partial charge in [0.1, 0.15) is 5.75 Å². The van der Waals surface area contributed by atoms with Crippen LogP contribution in [0.1, 0.15) is 10.4 Å². The third kappa shape index (κ3) is 3.88. The topological polar surface area (TPSA) is 63.2 Å². The highest BCUT2D eigenvalue weighted by Gasteiger charge is 2.11. The van der Waals surface area contributed by atoms with Crippen molar-refractivity contribution in [2.45, 2.75) is 6.61 Å². The van der Waals surface area contributed by atoms with Crippen LogP contribution in [0.2, 0.25) is 0 Å². The van der Waals surface area contributed by atoms with Gasteiger partial charge < -0.3 is 15.4 Å². The predicted octanol–water partition coefficient (Wildman–Crippen LogP) is 2.98. The van der Waals surface area contributed by atoms with Crippen molar-refractivity contribution < 1.29 is 18.3 Å². The monoisotopic (exact) mass is 293 g/mol. The molecule has 2 rings (SSSR count). The van der Waals surface area contributed by atoms with E-state index in [1.165, 1.54) is 36.7 Å². The van der Waals surface area contributed by atoms with Gasteiger partial charge in [-0.15, -0.1) is 0 Å². The minimum absolute atomic E-state index is 0.0304. The van der Waals surface area contributed by atoms with E-state index in [2.05, 4.69) is 20.4 Å². The molecule has 0 bridgehead atoms. The van der Waals surface area contributed by atoms with E-state index in [4.69, 9.17) is 0 Å². The summed E-state index contributed by atoms with van der Waals surface area (Å²) in [6, 6.07) is 7.25. The molecule has 5 nitrogen and oxygen atoms in total. The Morgan fingerprint density at radius 1 is 1.24 bits per heavy atom. The summed E-state index contributed by atoms with van der Waals surface area (Å²) in [5.74, 6) is -0.299. The Bertz CT molecular complexity index is 618. The number of nitrogens with one attached hydrogen (secondary N) is 2. The second kappa shape index (κ2) is 6.65. The number of aromatic nitrogens is 1. The van der Waals surface area contributed by atoms with Crippen LogP contribution in [0.3, 0.4) is 0 Å². The lowest BCUT2D eigenvalue weighted by Gasteiger charge is -2.10. The van der Waals surface area contributed by atoms with E-state index in [9.17, 15) is 13.6 Å². The van der Waals surface area contributed by atoms with Crippen LogP contribution in [0.15, 0.2) is 42.7 Å². The third-order valence-corrected chi connectivity index (χ3v) is 2.67. The lowest BCUT2D eigenvalue weighted by molar-refractivity contribution is -0.0498. The Hall–Kier alpha value is -2.70. The number of hydrogen-bond donors (Lipinski definition) is 2. The second-order valence-corrected chi connectivity index (χ2v) is 4.03. The van der Waals surface area contributed by atoms with Crippen LogP contribution >= 0.6 is 0 Å². The van der Waals surface area contributed by atoms with Gasteiger partial charge in [-0.3, -0.25) is 9.78 Å². The lowest BCUT2D eigenvalue weighted by Crippen LogP contribution is -2.14. The summed E-state index contributed by atoms with van der Waals surface area (Å²) in [5.41, 5.74) is 1.49. The number of ether oxygens (including phenoxy) is 1. The van der Waals surface area contributed by atoms with Crippen LogP contribution < -0.4 is 15.4 Å². The third-order valence-electron chi connectivity index (χ3n) is 2.67. The molecule has 21 heavy (non-hydrogen) atoms. The summed E-state index contributed by atoms with van der Waals surface area (Å²) in [6.07, 6.45) is 3.05. The van der Waals surface area contributed by atoms with Crippen LogP contribution in [-0.2, 0) is 0 Å². The molecule has 0 aliphatic heterocycles. The van der Waals surface area contributed by atoms with Crippen LogP contribution in [0, 0.1) is 0 Å². The molecule has 0 aliphatic rings.